The minimum atomic E-state index is -0.0341. The maximum atomic E-state index is 15.3. The molecule has 3 aromatic carbocycles. The quantitative estimate of drug-likeness (QED) is 0.421. The van der Waals surface area contributed by atoms with E-state index in [1.807, 2.05) is 18.2 Å². The summed E-state index contributed by atoms with van der Waals surface area (Å²) in [6.45, 7) is 5.08. The van der Waals surface area contributed by atoms with Crippen LogP contribution in [0.4, 0.5) is 4.39 Å². The highest BCUT2D eigenvalue weighted by molar-refractivity contribution is 5.84. The van der Waals surface area contributed by atoms with E-state index in [9.17, 15) is 0 Å². The average molecular weight is 377 g/mol. The second kappa shape index (κ2) is 8.34. The predicted molar refractivity (Wildman–Crippen MR) is 115 cm³/mol. The Hall–Kier alpha value is -2.35. The van der Waals surface area contributed by atoms with Crippen LogP contribution in [0.3, 0.4) is 0 Å². The highest BCUT2D eigenvalue weighted by Gasteiger charge is 2.24. The molecule has 2 heteroatoms. The molecule has 0 fully saturated rings. The van der Waals surface area contributed by atoms with Crippen molar-refractivity contribution in [2.24, 2.45) is 0 Å². The first-order chi connectivity index (χ1) is 13.7. The summed E-state index contributed by atoms with van der Waals surface area (Å²) in [6.07, 6.45) is 6.07. The highest BCUT2D eigenvalue weighted by atomic mass is 19.1. The molecule has 0 saturated carbocycles. The molecule has 0 amide bonds. The SMILES string of the molecule is CCCCOc1ccc2c(c1)CCC(c1ccc3cc(CC)ccc3c1F)C2. The first kappa shape index (κ1) is 19.0. The molecule has 0 heterocycles. The van der Waals surface area contributed by atoms with Crippen molar-refractivity contribution in [3.05, 3.63) is 76.6 Å². The molecule has 0 bridgehead atoms. The first-order valence-corrected chi connectivity index (χ1v) is 10.6. The molecular weight excluding hydrogens is 347 g/mol. The van der Waals surface area contributed by atoms with Gasteiger partial charge in [0.05, 0.1) is 6.61 Å². The molecule has 28 heavy (non-hydrogen) atoms. The lowest BCUT2D eigenvalue weighted by molar-refractivity contribution is 0.308. The molecular formula is C26H29FO. The topological polar surface area (TPSA) is 9.23 Å². The number of hydrogen-bond donors (Lipinski definition) is 0. The van der Waals surface area contributed by atoms with Crippen molar-refractivity contribution in [1.82, 2.24) is 0 Å². The minimum absolute atomic E-state index is 0.0341. The van der Waals surface area contributed by atoms with E-state index in [2.05, 4.69) is 44.2 Å². The van der Waals surface area contributed by atoms with Gasteiger partial charge in [-0.25, -0.2) is 4.39 Å². The monoisotopic (exact) mass is 376 g/mol. The van der Waals surface area contributed by atoms with E-state index in [4.69, 9.17) is 4.74 Å². The normalized spacial score (nSPS) is 16.2. The van der Waals surface area contributed by atoms with Crippen molar-refractivity contribution in [2.75, 3.05) is 6.61 Å². The number of aryl methyl sites for hydroxylation is 2. The van der Waals surface area contributed by atoms with Crippen LogP contribution in [0.15, 0.2) is 48.5 Å². The third kappa shape index (κ3) is 3.78. The van der Waals surface area contributed by atoms with Crippen LogP contribution in [0.5, 0.6) is 5.75 Å². The van der Waals surface area contributed by atoms with E-state index in [0.29, 0.717) is 0 Å². The van der Waals surface area contributed by atoms with Gasteiger partial charge in [-0.15, -0.1) is 0 Å². The second-order valence-corrected chi connectivity index (χ2v) is 7.95. The molecule has 0 aromatic heterocycles. The van der Waals surface area contributed by atoms with Gasteiger partial charge in [0, 0.05) is 5.39 Å². The molecule has 1 unspecified atom stereocenters. The van der Waals surface area contributed by atoms with Crippen molar-refractivity contribution in [1.29, 1.82) is 0 Å². The number of unbranched alkanes of at least 4 members (excludes halogenated alkanes) is 1. The molecule has 1 aliphatic carbocycles. The van der Waals surface area contributed by atoms with Gasteiger partial charge >= 0.3 is 0 Å². The fourth-order valence-electron chi connectivity index (χ4n) is 4.31. The fourth-order valence-corrected chi connectivity index (χ4v) is 4.31. The third-order valence-corrected chi connectivity index (χ3v) is 6.07. The summed E-state index contributed by atoms with van der Waals surface area (Å²) >= 11 is 0. The van der Waals surface area contributed by atoms with E-state index in [-0.39, 0.29) is 11.7 Å². The Labute approximate surface area is 167 Å². The fraction of sp³-hybridized carbons (Fsp3) is 0.385. The van der Waals surface area contributed by atoms with Gasteiger partial charge < -0.3 is 4.74 Å². The Morgan fingerprint density at radius 1 is 1.00 bits per heavy atom. The van der Waals surface area contributed by atoms with Crippen LogP contribution in [0.1, 0.15) is 61.3 Å². The lowest BCUT2D eigenvalue weighted by Crippen LogP contribution is -2.14. The number of benzene rings is 3. The Morgan fingerprint density at radius 3 is 2.71 bits per heavy atom. The van der Waals surface area contributed by atoms with Crippen LogP contribution < -0.4 is 4.74 Å². The van der Waals surface area contributed by atoms with E-state index < -0.39 is 0 Å². The zero-order chi connectivity index (χ0) is 19.5. The molecule has 1 aliphatic rings. The Balaban J connectivity index is 1.56. The van der Waals surface area contributed by atoms with Gasteiger partial charge in [0.15, 0.2) is 0 Å². The maximum absolute atomic E-state index is 15.3. The molecule has 0 spiro atoms. The van der Waals surface area contributed by atoms with Crippen molar-refractivity contribution in [3.63, 3.8) is 0 Å². The Kier molecular flexibility index (Phi) is 5.66. The summed E-state index contributed by atoms with van der Waals surface area (Å²) in [6, 6.07) is 16.6. The van der Waals surface area contributed by atoms with Gasteiger partial charge in [0.2, 0.25) is 0 Å². The van der Waals surface area contributed by atoms with Crippen LogP contribution in [0.2, 0.25) is 0 Å². The molecule has 146 valence electrons. The van der Waals surface area contributed by atoms with E-state index in [0.717, 1.165) is 67.2 Å². The molecule has 0 radical (unpaired) electrons. The standard InChI is InChI=1S/C26H29FO/c1-3-5-14-28-23-11-9-19-16-22(8-7-20(19)17-23)25-13-10-21-15-18(4-2)6-12-24(21)26(25)27/h6,9-13,15,17,22H,3-5,7-8,14,16H2,1-2H3. The molecule has 4 rings (SSSR count). The van der Waals surface area contributed by atoms with Crippen LogP contribution in [-0.4, -0.2) is 6.61 Å². The van der Waals surface area contributed by atoms with Crippen molar-refractivity contribution >= 4 is 10.8 Å². The van der Waals surface area contributed by atoms with E-state index in [1.165, 1.54) is 16.7 Å². The first-order valence-electron chi connectivity index (χ1n) is 10.6. The zero-order valence-corrected chi connectivity index (χ0v) is 16.9. The van der Waals surface area contributed by atoms with Crippen LogP contribution in [0.25, 0.3) is 10.8 Å². The number of ether oxygens (including phenoxy) is 1. The summed E-state index contributed by atoms with van der Waals surface area (Å²) in [5, 5.41) is 1.76. The zero-order valence-electron chi connectivity index (χ0n) is 16.9. The van der Waals surface area contributed by atoms with E-state index in [1.54, 1.807) is 0 Å². The minimum Gasteiger partial charge on any atom is -0.494 e. The number of rotatable bonds is 6. The van der Waals surface area contributed by atoms with Gasteiger partial charge in [-0.2, -0.15) is 0 Å². The molecule has 1 atom stereocenters. The molecule has 1 nitrogen and oxygen atoms in total. The maximum Gasteiger partial charge on any atom is 0.134 e. The Morgan fingerprint density at radius 2 is 1.89 bits per heavy atom. The highest BCUT2D eigenvalue weighted by Crippen LogP contribution is 2.37. The molecule has 0 saturated heterocycles. The van der Waals surface area contributed by atoms with Crippen LogP contribution in [0, 0.1) is 5.82 Å². The summed E-state index contributed by atoms with van der Waals surface area (Å²) < 4.78 is 21.1. The predicted octanol–water partition coefficient (Wildman–Crippen LogP) is 6.99. The van der Waals surface area contributed by atoms with Crippen LogP contribution in [-0.2, 0) is 19.3 Å². The van der Waals surface area contributed by atoms with Gasteiger partial charge in [-0.05, 0) is 77.8 Å². The van der Waals surface area contributed by atoms with Crippen molar-refractivity contribution in [3.8, 4) is 5.75 Å². The molecule has 0 aliphatic heterocycles. The van der Waals surface area contributed by atoms with E-state index >= 15 is 4.39 Å². The summed E-state index contributed by atoms with van der Waals surface area (Å²) in [4.78, 5) is 0. The van der Waals surface area contributed by atoms with Gasteiger partial charge in [0.1, 0.15) is 11.6 Å². The third-order valence-electron chi connectivity index (χ3n) is 6.07. The lowest BCUT2D eigenvalue weighted by Gasteiger charge is -2.26. The van der Waals surface area contributed by atoms with Gasteiger partial charge in [-0.1, -0.05) is 56.7 Å². The number of halogens is 1. The lowest BCUT2D eigenvalue weighted by atomic mass is 9.79. The summed E-state index contributed by atoms with van der Waals surface area (Å²) in [5.74, 6) is 1.18. The summed E-state index contributed by atoms with van der Waals surface area (Å²) in [7, 11) is 0. The van der Waals surface area contributed by atoms with Gasteiger partial charge in [-0.3, -0.25) is 0 Å². The number of fused-ring (bicyclic) bond motifs is 2. The van der Waals surface area contributed by atoms with Gasteiger partial charge in [0.25, 0.3) is 0 Å². The molecule has 3 aromatic rings. The average Bonchev–Trinajstić information content (AvgIpc) is 2.73. The largest absolute Gasteiger partial charge is 0.494 e. The Bertz CT molecular complexity index is 976. The van der Waals surface area contributed by atoms with Crippen molar-refractivity contribution in [2.45, 2.75) is 58.3 Å². The summed E-state index contributed by atoms with van der Waals surface area (Å²) in [5.41, 5.74) is 4.81. The number of hydrogen-bond acceptors (Lipinski definition) is 1. The van der Waals surface area contributed by atoms with Crippen LogP contribution >= 0.6 is 0 Å². The van der Waals surface area contributed by atoms with Crippen molar-refractivity contribution < 1.29 is 9.13 Å². The second-order valence-electron chi connectivity index (χ2n) is 7.95. The smallest absolute Gasteiger partial charge is 0.134 e. The molecule has 0 N–H and O–H groups in total.